The number of aromatic carboxylic acids is 1. The zero-order chi connectivity index (χ0) is 9.14. The fraction of sp³-hybridized carbons (Fsp3) is 0.429. The summed E-state index contributed by atoms with van der Waals surface area (Å²) in [5, 5.41) is 11.5. The summed E-state index contributed by atoms with van der Waals surface area (Å²) >= 11 is 0. The molecule has 0 radical (unpaired) electrons. The normalized spacial score (nSPS) is 10.2. The SMILES string of the molecule is CNCc1nc(C(=O)O)cn1C. The number of aromatic nitrogens is 2. The first-order valence-corrected chi connectivity index (χ1v) is 3.55. The van der Waals surface area contributed by atoms with E-state index in [-0.39, 0.29) is 5.69 Å². The predicted molar refractivity (Wildman–Crippen MR) is 42.9 cm³/mol. The lowest BCUT2D eigenvalue weighted by Crippen LogP contribution is -2.10. The van der Waals surface area contributed by atoms with E-state index in [1.54, 1.807) is 18.7 Å². The molecule has 1 aromatic rings. The van der Waals surface area contributed by atoms with E-state index in [2.05, 4.69) is 10.3 Å². The van der Waals surface area contributed by atoms with E-state index in [1.165, 1.54) is 6.20 Å². The number of carboxylic acid groups (broad SMARTS) is 1. The van der Waals surface area contributed by atoms with Crippen molar-refractivity contribution in [3.05, 3.63) is 17.7 Å². The van der Waals surface area contributed by atoms with Crippen LogP contribution in [0.25, 0.3) is 0 Å². The highest BCUT2D eigenvalue weighted by molar-refractivity contribution is 5.85. The lowest BCUT2D eigenvalue weighted by Gasteiger charge is -1.97. The van der Waals surface area contributed by atoms with Crippen LogP contribution in [0.5, 0.6) is 0 Å². The standard InChI is InChI=1S/C7H11N3O2/c1-8-3-6-9-5(7(11)12)4-10(6)2/h4,8H,3H2,1-2H3,(H,11,12). The maximum atomic E-state index is 10.5. The summed E-state index contributed by atoms with van der Waals surface area (Å²) in [6.45, 7) is 0.573. The smallest absolute Gasteiger partial charge is 0.356 e. The van der Waals surface area contributed by atoms with Crippen LogP contribution in [0.4, 0.5) is 0 Å². The van der Waals surface area contributed by atoms with Gasteiger partial charge in [0.1, 0.15) is 5.82 Å². The molecule has 0 fully saturated rings. The predicted octanol–water partition coefficient (Wildman–Crippen LogP) is -0.162. The molecule has 0 unspecified atom stereocenters. The van der Waals surface area contributed by atoms with Crippen molar-refractivity contribution in [1.82, 2.24) is 14.9 Å². The first-order valence-electron chi connectivity index (χ1n) is 3.55. The summed E-state index contributed by atoms with van der Waals surface area (Å²) in [5.74, 6) is -0.275. The monoisotopic (exact) mass is 169 g/mol. The number of imidazole rings is 1. The van der Waals surface area contributed by atoms with Gasteiger partial charge in [-0.2, -0.15) is 0 Å². The van der Waals surface area contributed by atoms with Crippen LogP contribution in [-0.2, 0) is 13.6 Å². The average Bonchev–Trinajstić information content (AvgIpc) is 2.34. The lowest BCUT2D eigenvalue weighted by atomic mass is 10.5. The van der Waals surface area contributed by atoms with Gasteiger partial charge in [-0.1, -0.05) is 0 Å². The van der Waals surface area contributed by atoms with Crippen LogP contribution in [0.1, 0.15) is 16.3 Å². The van der Waals surface area contributed by atoms with Gasteiger partial charge in [0.05, 0.1) is 6.54 Å². The van der Waals surface area contributed by atoms with Crippen LogP contribution in [-0.4, -0.2) is 27.7 Å². The number of nitrogens with zero attached hydrogens (tertiary/aromatic N) is 2. The van der Waals surface area contributed by atoms with Crippen molar-refractivity contribution in [3.8, 4) is 0 Å². The fourth-order valence-electron chi connectivity index (χ4n) is 0.930. The number of hydrogen-bond acceptors (Lipinski definition) is 3. The molecule has 1 rings (SSSR count). The van der Waals surface area contributed by atoms with Crippen LogP contribution in [0.15, 0.2) is 6.20 Å². The molecule has 66 valence electrons. The average molecular weight is 169 g/mol. The van der Waals surface area contributed by atoms with Crippen LogP contribution in [0.2, 0.25) is 0 Å². The number of nitrogens with one attached hydrogen (secondary N) is 1. The Kier molecular flexibility index (Phi) is 2.44. The highest BCUT2D eigenvalue weighted by Crippen LogP contribution is 2.00. The minimum Gasteiger partial charge on any atom is -0.476 e. The topological polar surface area (TPSA) is 67.2 Å². The third kappa shape index (κ3) is 1.62. The van der Waals surface area contributed by atoms with Gasteiger partial charge in [-0.25, -0.2) is 9.78 Å². The Labute approximate surface area is 70.0 Å². The Morgan fingerprint density at radius 2 is 2.50 bits per heavy atom. The maximum Gasteiger partial charge on any atom is 0.356 e. The first kappa shape index (κ1) is 8.73. The van der Waals surface area contributed by atoms with Crippen LogP contribution >= 0.6 is 0 Å². The van der Waals surface area contributed by atoms with Crippen molar-refractivity contribution in [1.29, 1.82) is 0 Å². The molecule has 0 spiro atoms. The number of aryl methyl sites for hydroxylation is 1. The highest BCUT2D eigenvalue weighted by Gasteiger charge is 2.09. The fourth-order valence-corrected chi connectivity index (χ4v) is 0.930. The zero-order valence-corrected chi connectivity index (χ0v) is 7.03. The number of hydrogen-bond donors (Lipinski definition) is 2. The number of rotatable bonds is 3. The van der Waals surface area contributed by atoms with Crippen molar-refractivity contribution in [2.24, 2.45) is 7.05 Å². The summed E-state index contributed by atoms with van der Waals surface area (Å²) in [6.07, 6.45) is 1.50. The van der Waals surface area contributed by atoms with Gasteiger partial charge in [-0.15, -0.1) is 0 Å². The van der Waals surface area contributed by atoms with Gasteiger partial charge in [0.2, 0.25) is 0 Å². The van der Waals surface area contributed by atoms with E-state index < -0.39 is 5.97 Å². The Hall–Kier alpha value is -1.36. The molecule has 5 heteroatoms. The van der Waals surface area contributed by atoms with Crippen LogP contribution in [0, 0.1) is 0 Å². The minimum atomic E-state index is -0.993. The summed E-state index contributed by atoms with van der Waals surface area (Å²) < 4.78 is 1.69. The second-order valence-corrected chi connectivity index (χ2v) is 2.49. The summed E-state index contributed by atoms with van der Waals surface area (Å²) in [5.41, 5.74) is 0.0859. The molecule has 0 aromatic carbocycles. The van der Waals surface area contributed by atoms with Gasteiger partial charge in [-0.05, 0) is 7.05 Å². The second kappa shape index (κ2) is 3.36. The molecule has 0 amide bonds. The highest BCUT2D eigenvalue weighted by atomic mass is 16.4. The molecule has 1 aromatic heterocycles. The van der Waals surface area contributed by atoms with E-state index >= 15 is 0 Å². The molecule has 0 aliphatic rings. The van der Waals surface area contributed by atoms with Gasteiger partial charge >= 0.3 is 5.97 Å². The first-order chi connectivity index (χ1) is 5.65. The van der Waals surface area contributed by atoms with Gasteiger partial charge in [0.25, 0.3) is 0 Å². The summed E-state index contributed by atoms with van der Waals surface area (Å²) in [4.78, 5) is 14.4. The molecule has 0 saturated heterocycles. The summed E-state index contributed by atoms with van der Waals surface area (Å²) in [6, 6.07) is 0. The molecule has 2 N–H and O–H groups in total. The van der Waals surface area contributed by atoms with E-state index in [0.717, 1.165) is 5.82 Å². The molecule has 1 heterocycles. The molecular formula is C7H11N3O2. The lowest BCUT2D eigenvalue weighted by molar-refractivity contribution is 0.0691. The van der Waals surface area contributed by atoms with Gasteiger partial charge in [0.15, 0.2) is 5.69 Å². The molecule has 12 heavy (non-hydrogen) atoms. The van der Waals surface area contributed by atoms with Crippen molar-refractivity contribution >= 4 is 5.97 Å². The molecule has 0 bridgehead atoms. The third-order valence-corrected chi connectivity index (χ3v) is 1.53. The van der Waals surface area contributed by atoms with Gasteiger partial charge < -0.3 is 15.0 Å². The second-order valence-electron chi connectivity index (χ2n) is 2.49. The molecular weight excluding hydrogens is 158 g/mol. The third-order valence-electron chi connectivity index (χ3n) is 1.53. The van der Waals surface area contributed by atoms with Crippen molar-refractivity contribution in [3.63, 3.8) is 0 Å². The van der Waals surface area contributed by atoms with E-state index in [0.29, 0.717) is 6.54 Å². The van der Waals surface area contributed by atoms with Crippen LogP contribution in [0.3, 0.4) is 0 Å². The van der Waals surface area contributed by atoms with Crippen molar-refractivity contribution in [2.75, 3.05) is 7.05 Å². The summed E-state index contributed by atoms with van der Waals surface area (Å²) in [7, 11) is 3.56. The van der Waals surface area contributed by atoms with E-state index in [1.807, 2.05) is 0 Å². The Balaban J connectivity index is 2.92. The Morgan fingerprint density at radius 1 is 1.83 bits per heavy atom. The van der Waals surface area contributed by atoms with E-state index in [4.69, 9.17) is 5.11 Å². The molecule has 0 atom stereocenters. The Bertz CT molecular complexity index is 293. The van der Waals surface area contributed by atoms with Gasteiger partial charge in [0, 0.05) is 13.2 Å². The van der Waals surface area contributed by atoms with Gasteiger partial charge in [-0.3, -0.25) is 0 Å². The van der Waals surface area contributed by atoms with Crippen molar-refractivity contribution < 1.29 is 9.90 Å². The molecule has 0 aliphatic carbocycles. The maximum absolute atomic E-state index is 10.5. The minimum absolute atomic E-state index is 0.0859. The largest absolute Gasteiger partial charge is 0.476 e. The Morgan fingerprint density at radius 3 is 2.92 bits per heavy atom. The van der Waals surface area contributed by atoms with Crippen LogP contribution < -0.4 is 5.32 Å². The number of carboxylic acids is 1. The van der Waals surface area contributed by atoms with E-state index in [9.17, 15) is 4.79 Å². The molecule has 5 nitrogen and oxygen atoms in total. The molecule has 0 saturated carbocycles. The van der Waals surface area contributed by atoms with Crippen molar-refractivity contribution in [2.45, 2.75) is 6.54 Å². The molecule has 0 aliphatic heterocycles. The quantitative estimate of drug-likeness (QED) is 0.659. The zero-order valence-electron chi connectivity index (χ0n) is 7.03. The number of carbonyl (C=O) groups is 1.